The van der Waals surface area contributed by atoms with E-state index in [9.17, 15) is 0 Å². The highest BCUT2D eigenvalue weighted by Crippen LogP contribution is 2.49. The van der Waals surface area contributed by atoms with Crippen molar-refractivity contribution in [3.8, 4) is 0 Å². The molecule has 0 unspecified atom stereocenters. The molecule has 16 heavy (non-hydrogen) atoms. The van der Waals surface area contributed by atoms with E-state index in [-0.39, 0.29) is 5.41 Å². The third-order valence-corrected chi connectivity index (χ3v) is 4.21. The van der Waals surface area contributed by atoms with Crippen LogP contribution in [0.4, 0.5) is 0 Å². The number of rotatable bonds is 3. The molecule has 0 heterocycles. The monoisotopic (exact) mass is 236 g/mol. The van der Waals surface area contributed by atoms with Gasteiger partial charge < -0.3 is 0 Å². The topological polar surface area (TPSA) is 0 Å². The average Bonchev–Trinajstić information content (AvgIpc) is 2.98. The molecule has 2 rings (SSSR count). The number of halogens is 1. The van der Waals surface area contributed by atoms with Crippen LogP contribution in [0.3, 0.4) is 0 Å². The van der Waals surface area contributed by atoms with E-state index >= 15 is 0 Å². The van der Waals surface area contributed by atoms with Crippen molar-refractivity contribution in [3.63, 3.8) is 0 Å². The number of benzene rings is 1. The van der Waals surface area contributed by atoms with Gasteiger partial charge >= 0.3 is 0 Å². The van der Waals surface area contributed by atoms with Gasteiger partial charge in [-0.3, -0.25) is 0 Å². The minimum atomic E-state index is 0.252. The van der Waals surface area contributed by atoms with E-state index in [2.05, 4.69) is 45.0 Å². The molecule has 1 aromatic rings. The molecule has 1 aromatic carbocycles. The Morgan fingerprint density at radius 2 is 1.69 bits per heavy atom. The van der Waals surface area contributed by atoms with Crippen LogP contribution in [-0.2, 0) is 11.8 Å². The summed E-state index contributed by atoms with van der Waals surface area (Å²) in [5.74, 6) is 0.814. The Morgan fingerprint density at radius 1 is 1.12 bits per heavy atom. The van der Waals surface area contributed by atoms with Crippen molar-refractivity contribution in [2.24, 2.45) is 5.41 Å². The van der Waals surface area contributed by atoms with Crippen molar-refractivity contribution in [2.75, 3.05) is 5.88 Å². The van der Waals surface area contributed by atoms with Gasteiger partial charge in [0, 0.05) is 5.88 Å². The molecule has 88 valence electrons. The fourth-order valence-electron chi connectivity index (χ4n) is 2.09. The Balaban J connectivity index is 2.08. The first-order chi connectivity index (χ1) is 7.45. The molecule has 1 heteroatoms. The van der Waals surface area contributed by atoms with Gasteiger partial charge in [-0.25, -0.2) is 0 Å². The van der Waals surface area contributed by atoms with Crippen LogP contribution in [-0.4, -0.2) is 5.88 Å². The van der Waals surface area contributed by atoms with Crippen molar-refractivity contribution in [1.82, 2.24) is 0 Å². The third kappa shape index (κ3) is 2.60. The van der Waals surface area contributed by atoms with Crippen LogP contribution in [0.5, 0.6) is 0 Å². The molecular formula is C15H21Cl. The van der Waals surface area contributed by atoms with Crippen LogP contribution in [0.15, 0.2) is 24.3 Å². The average molecular weight is 237 g/mol. The molecule has 1 saturated carbocycles. The van der Waals surface area contributed by atoms with Crippen molar-refractivity contribution in [3.05, 3.63) is 35.4 Å². The van der Waals surface area contributed by atoms with E-state index in [4.69, 9.17) is 11.6 Å². The lowest BCUT2D eigenvalue weighted by Crippen LogP contribution is -2.11. The molecule has 1 aliphatic rings. The summed E-state index contributed by atoms with van der Waals surface area (Å²) in [5.41, 5.74) is 3.53. The maximum Gasteiger partial charge on any atom is 0.0283 e. The number of hydrogen-bond donors (Lipinski definition) is 0. The van der Waals surface area contributed by atoms with Crippen LogP contribution >= 0.6 is 11.6 Å². The van der Waals surface area contributed by atoms with E-state index in [0.29, 0.717) is 5.41 Å². The van der Waals surface area contributed by atoms with E-state index < -0.39 is 0 Å². The number of hydrogen-bond acceptors (Lipinski definition) is 0. The maximum atomic E-state index is 6.01. The van der Waals surface area contributed by atoms with Crippen LogP contribution in [0, 0.1) is 5.41 Å². The molecule has 0 atom stereocenters. The minimum Gasteiger partial charge on any atom is -0.126 e. The zero-order chi connectivity index (χ0) is 11.8. The van der Waals surface area contributed by atoms with Gasteiger partial charge in [-0.15, -0.1) is 11.6 Å². The standard InChI is InChI=1S/C15H21Cl/c1-14(2,3)13-6-4-12(5-7-13)10-15(11-16)8-9-15/h4-7H,8-11H2,1-3H3. The van der Waals surface area contributed by atoms with Gasteiger partial charge in [0.1, 0.15) is 0 Å². The summed E-state index contributed by atoms with van der Waals surface area (Å²) < 4.78 is 0. The first-order valence-electron chi connectivity index (χ1n) is 6.11. The largest absolute Gasteiger partial charge is 0.126 e. The molecule has 0 amide bonds. The van der Waals surface area contributed by atoms with Crippen molar-refractivity contribution < 1.29 is 0 Å². The van der Waals surface area contributed by atoms with Crippen LogP contribution in [0.1, 0.15) is 44.7 Å². The first-order valence-corrected chi connectivity index (χ1v) is 6.64. The Kier molecular flexibility index (Phi) is 3.05. The molecular weight excluding hydrogens is 216 g/mol. The van der Waals surface area contributed by atoms with Gasteiger partial charge in [0.05, 0.1) is 0 Å². The Morgan fingerprint density at radius 3 is 2.06 bits per heavy atom. The summed E-state index contributed by atoms with van der Waals surface area (Å²) in [5, 5.41) is 0. The van der Waals surface area contributed by atoms with Crippen LogP contribution in [0.25, 0.3) is 0 Å². The quantitative estimate of drug-likeness (QED) is 0.676. The van der Waals surface area contributed by atoms with Crippen LogP contribution in [0.2, 0.25) is 0 Å². The predicted octanol–water partition coefficient (Wildman–Crippen LogP) is 4.55. The minimum absolute atomic E-state index is 0.252. The summed E-state index contributed by atoms with van der Waals surface area (Å²) in [6.45, 7) is 6.76. The molecule has 0 aromatic heterocycles. The van der Waals surface area contributed by atoms with Gasteiger partial charge in [-0.2, -0.15) is 0 Å². The molecule has 0 saturated heterocycles. The summed E-state index contributed by atoms with van der Waals surface area (Å²) >= 11 is 6.01. The fraction of sp³-hybridized carbons (Fsp3) is 0.600. The molecule has 0 spiro atoms. The molecule has 1 aliphatic carbocycles. The van der Waals surface area contributed by atoms with Crippen molar-refractivity contribution in [2.45, 2.75) is 45.4 Å². The second-order valence-corrected chi connectivity index (χ2v) is 6.52. The summed E-state index contributed by atoms with van der Waals surface area (Å²) in [6.07, 6.45) is 3.76. The molecule has 0 aliphatic heterocycles. The van der Waals surface area contributed by atoms with Gasteiger partial charge in [0.15, 0.2) is 0 Å². The smallest absolute Gasteiger partial charge is 0.0283 e. The first kappa shape index (κ1) is 12.0. The lowest BCUT2D eigenvalue weighted by atomic mass is 9.86. The number of alkyl halides is 1. The zero-order valence-corrected chi connectivity index (χ0v) is 11.3. The van der Waals surface area contributed by atoms with Crippen LogP contribution < -0.4 is 0 Å². The summed E-state index contributed by atoms with van der Waals surface area (Å²) in [7, 11) is 0. The van der Waals surface area contributed by atoms with E-state index in [1.165, 1.54) is 24.0 Å². The van der Waals surface area contributed by atoms with Gasteiger partial charge in [-0.1, -0.05) is 45.0 Å². The van der Waals surface area contributed by atoms with Gasteiger partial charge in [0.25, 0.3) is 0 Å². The molecule has 0 bridgehead atoms. The highest BCUT2D eigenvalue weighted by atomic mass is 35.5. The van der Waals surface area contributed by atoms with Crippen molar-refractivity contribution >= 4 is 11.6 Å². The van der Waals surface area contributed by atoms with Gasteiger partial charge in [-0.05, 0) is 41.2 Å². The Labute approximate surface area is 104 Å². The molecule has 0 nitrogen and oxygen atoms in total. The molecule has 0 N–H and O–H groups in total. The van der Waals surface area contributed by atoms with Gasteiger partial charge in [0.2, 0.25) is 0 Å². The predicted molar refractivity (Wildman–Crippen MR) is 71.2 cm³/mol. The highest BCUT2D eigenvalue weighted by Gasteiger charge is 2.41. The van der Waals surface area contributed by atoms with E-state index in [1.807, 2.05) is 0 Å². The fourth-order valence-corrected chi connectivity index (χ4v) is 2.45. The molecule has 0 radical (unpaired) electrons. The summed E-state index contributed by atoms with van der Waals surface area (Å²) in [6, 6.07) is 9.07. The second kappa shape index (κ2) is 4.07. The lowest BCUT2D eigenvalue weighted by molar-refractivity contribution is 0.574. The van der Waals surface area contributed by atoms with E-state index in [0.717, 1.165) is 12.3 Å². The molecule has 1 fully saturated rings. The van der Waals surface area contributed by atoms with E-state index in [1.54, 1.807) is 0 Å². The second-order valence-electron chi connectivity index (χ2n) is 6.26. The normalized spacial score (nSPS) is 18.5. The lowest BCUT2D eigenvalue weighted by Gasteiger charge is -2.19. The van der Waals surface area contributed by atoms with Crippen molar-refractivity contribution in [1.29, 1.82) is 0 Å². The zero-order valence-electron chi connectivity index (χ0n) is 10.5. The Bertz CT molecular complexity index is 352. The summed E-state index contributed by atoms with van der Waals surface area (Å²) in [4.78, 5) is 0. The highest BCUT2D eigenvalue weighted by molar-refractivity contribution is 6.18. The Hall–Kier alpha value is -0.490. The SMILES string of the molecule is CC(C)(C)c1ccc(CC2(CCl)CC2)cc1. The maximum absolute atomic E-state index is 6.01. The third-order valence-electron chi connectivity index (χ3n) is 3.64.